The van der Waals surface area contributed by atoms with Crippen molar-refractivity contribution >= 4 is 44.4 Å². The quantitative estimate of drug-likeness (QED) is 0.271. The van der Waals surface area contributed by atoms with Gasteiger partial charge in [-0.25, -0.2) is 17.7 Å². The van der Waals surface area contributed by atoms with E-state index in [0.717, 1.165) is 41.3 Å². The van der Waals surface area contributed by atoms with Gasteiger partial charge in [-0.3, -0.25) is 9.59 Å². The van der Waals surface area contributed by atoms with E-state index < -0.39 is 27.0 Å². The molecule has 1 saturated carbocycles. The normalized spacial score (nSPS) is 14.4. The van der Waals surface area contributed by atoms with Crippen LogP contribution in [0.5, 0.6) is 5.75 Å². The maximum atomic E-state index is 14.0. The number of Topliss-reactive ketones (excluding diaryl/α,β-unsaturated/α-hetero) is 1. The van der Waals surface area contributed by atoms with Crippen molar-refractivity contribution in [3.05, 3.63) is 67.3 Å². The average molecular weight is 590 g/mol. The molecule has 0 radical (unpaired) electrons. The third kappa shape index (κ3) is 6.77. The van der Waals surface area contributed by atoms with Crippen LogP contribution in [-0.4, -0.2) is 67.8 Å². The number of aryl methyl sites for hydroxylation is 3. The fourth-order valence-corrected chi connectivity index (χ4v) is 7.21. The lowest BCUT2D eigenvalue weighted by atomic mass is 9.94. The Morgan fingerprint density at radius 1 is 1.05 bits per heavy atom. The van der Waals surface area contributed by atoms with Crippen molar-refractivity contribution in [1.82, 2.24) is 14.2 Å². The number of hydrogen-bond donors (Lipinski definition) is 0. The van der Waals surface area contributed by atoms with Gasteiger partial charge in [0.15, 0.2) is 5.78 Å². The number of ketones is 1. The first-order chi connectivity index (χ1) is 18.4. The summed E-state index contributed by atoms with van der Waals surface area (Å²) in [4.78, 5) is 36.4. The molecule has 0 aliphatic heterocycles. The number of ether oxygens (including phenoxy) is 1. The number of thiophene rings is 1. The molecule has 4 rings (SSSR count). The largest absolute Gasteiger partial charge is 0.497 e. The van der Waals surface area contributed by atoms with Crippen molar-refractivity contribution in [3.8, 4) is 5.75 Å². The summed E-state index contributed by atoms with van der Waals surface area (Å²) in [6, 6.07) is 11.9. The minimum absolute atomic E-state index is 0.0611. The van der Waals surface area contributed by atoms with Crippen LogP contribution in [0.4, 0.5) is 0 Å². The summed E-state index contributed by atoms with van der Waals surface area (Å²) in [5.41, 5.74) is 0.585. The van der Waals surface area contributed by atoms with E-state index >= 15 is 0 Å². The van der Waals surface area contributed by atoms with Gasteiger partial charge in [0, 0.05) is 35.3 Å². The highest BCUT2D eigenvalue weighted by Crippen LogP contribution is 2.50. The second-order valence-corrected chi connectivity index (χ2v) is 15.0. The Balaban J connectivity index is 1.55. The zero-order valence-electron chi connectivity index (χ0n) is 23.0. The maximum absolute atomic E-state index is 14.0. The number of methoxy groups -OCH3 is 1. The molecule has 0 spiro atoms. The fraction of sp³-hybridized carbons (Fsp3) is 0.464. The number of thiazole rings is 1. The van der Waals surface area contributed by atoms with E-state index in [1.54, 1.807) is 25.4 Å². The Labute approximate surface area is 238 Å². The van der Waals surface area contributed by atoms with Crippen molar-refractivity contribution in [1.29, 1.82) is 0 Å². The average Bonchev–Trinajstić information content (AvgIpc) is 3.47. The summed E-state index contributed by atoms with van der Waals surface area (Å²) in [5, 5.41) is 0.629. The molecule has 1 aliphatic carbocycles. The second-order valence-electron chi connectivity index (χ2n) is 10.1. The van der Waals surface area contributed by atoms with Crippen molar-refractivity contribution in [2.45, 2.75) is 51.5 Å². The van der Waals surface area contributed by atoms with Crippen LogP contribution in [0.3, 0.4) is 0 Å². The lowest BCUT2D eigenvalue weighted by Gasteiger charge is -2.27. The Hall–Kier alpha value is -2.60. The van der Waals surface area contributed by atoms with E-state index in [-0.39, 0.29) is 18.1 Å². The molecular formula is C28H35N3O5S3. The Morgan fingerprint density at radius 3 is 2.31 bits per heavy atom. The third-order valence-electron chi connectivity index (χ3n) is 7.04. The summed E-state index contributed by atoms with van der Waals surface area (Å²) < 4.78 is 30.8. The highest BCUT2D eigenvalue weighted by Gasteiger charge is 2.53. The van der Waals surface area contributed by atoms with Crippen molar-refractivity contribution in [3.63, 3.8) is 0 Å². The second kappa shape index (κ2) is 11.9. The molecule has 0 atom stereocenters. The number of nitrogens with zero attached hydrogens (tertiary/aromatic N) is 3. The third-order valence-corrected chi connectivity index (χ3v) is 10.8. The molecule has 39 heavy (non-hydrogen) atoms. The Kier molecular flexibility index (Phi) is 8.95. The number of rotatable bonds is 13. The van der Waals surface area contributed by atoms with Gasteiger partial charge >= 0.3 is 0 Å². The van der Waals surface area contributed by atoms with Gasteiger partial charge in [0.25, 0.3) is 0 Å². The minimum atomic E-state index is -3.70. The predicted molar refractivity (Wildman–Crippen MR) is 155 cm³/mol. The minimum Gasteiger partial charge on any atom is -0.497 e. The maximum Gasteiger partial charge on any atom is 0.233 e. The molecule has 0 unspecified atom stereocenters. The van der Waals surface area contributed by atoms with Crippen LogP contribution in [0, 0.1) is 13.8 Å². The molecule has 210 valence electrons. The van der Waals surface area contributed by atoms with E-state index in [1.807, 2.05) is 29.2 Å². The molecular weight excluding hydrogens is 555 g/mol. The molecule has 11 heteroatoms. The van der Waals surface area contributed by atoms with E-state index in [2.05, 4.69) is 24.0 Å². The monoisotopic (exact) mass is 589 g/mol. The van der Waals surface area contributed by atoms with E-state index in [4.69, 9.17) is 4.74 Å². The van der Waals surface area contributed by atoms with Crippen molar-refractivity contribution in [2.75, 3.05) is 33.5 Å². The lowest BCUT2D eigenvalue weighted by molar-refractivity contribution is -0.134. The molecule has 1 aromatic carbocycles. The van der Waals surface area contributed by atoms with Crippen LogP contribution in [0.1, 0.15) is 55.0 Å². The smallest absolute Gasteiger partial charge is 0.233 e. The summed E-state index contributed by atoms with van der Waals surface area (Å²) in [5.74, 6) is -0.359. The molecule has 8 nitrogen and oxygen atoms in total. The van der Waals surface area contributed by atoms with Crippen LogP contribution in [0.2, 0.25) is 0 Å². The summed E-state index contributed by atoms with van der Waals surface area (Å²) in [6.07, 6.45) is 3.24. The number of carbonyl (C=O) groups is 2. The van der Waals surface area contributed by atoms with Crippen LogP contribution < -0.4 is 4.74 Å². The SMILES string of the molecule is COc1ccc(C2(C(=O)N(CCCc3ccc(C)s3)Cc3nc(C(=O)CS(=O)(=O)N(C)C)c(C)s3)CC2)cc1. The Bertz CT molecular complexity index is 1440. The van der Waals surface area contributed by atoms with Gasteiger partial charge in [0.05, 0.1) is 19.1 Å². The summed E-state index contributed by atoms with van der Waals surface area (Å²) in [6.45, 7) is 4.69. The summed E-state index contributed by atoms with van der Waals surface area (Å²) >= 11 is 3.11. The van der Waals surface area contributed by atoms with Gasteiger partial charge in [-0.05, 0) is 69.4 Å². The predicted octanol–water partition coefficient (Wildman–Crippen LogP) is 4.60. The Morgan fingerprint density at radius 2 is 1.74 bits per heavy atom. The van der Waals surface area contributed by atoms with Gasteiger partial charge < -0.3 is 9.64 Å². The molecule has 1 aliphatic rings. The number of amides is 1. The van der Waals surface area contributed by atoms with Crippen LogP contribution >= 0.6 is 22.7 Å². The van der Waals surface area contributed by atoms with Crippen molar-refractivity contribution in [2.24, 2.45) is 0 Å². The first-order valence-corrected chi connectivity index (χ1v) is 16.1. The van der Waals surface area contributed by atoms with Gasteiger partial charge in [0.2, 0.25) is 15.9 Å². The zero-order chi connectivity index (χ0) is 28.4. The van der Waals surface area contributed by atoms with E-state index in [9.17, 15) is 18.0 Å². The molecule has 0 saturated heterocycles. The lowest BCUT2D eigenvalue weighted by Crippen LogP contribution is -2.39. The van der Waals surface area contributed by atoms with E-state index in [0.29, 0.717) is 16.4 Å². The molecule has 3 aromatic rings. The highest BCUT2D eigenvalue weighted by molar-refractivity contribution is 7.89. The van der Waals surface area contributed by atoms with Gasteiger partial charge in [0.1, 0.15) is 22.2 Å². The van der Waals surface area contributed by atoms with Gasteiger partial charge in [-0.1, -0.05) is 12.1 Å². The van der Waals surface area contributed by atoms with Crippen molar-refractivity contribution < 1.29 is 22.7 Å². The highest BCUT2D eigenvalue weighted by atomic mass is 32.2. The van der Waals surface area contributed by atoms with Gasteiger partial charge in [-0.15, -0.1) is 22.7 Å². The van der Waals surface area contributed by atoms with Gasteiger partial charge in [-0.2, -0.15) is 0 Å². The summed E-state index contributed by atoms with van der Waals surface area (Å²) in [7, 11) is 0.727. The number of carbonyl (C=O) groups excluding carboxylic acids is 2. The molecule has 2 aromatic heterocycles. The number of benzene rings is 1. The number of sulfonamides is 1. The van der Waals surface area contributed by atoms with Crippen LogP contribution in [0.25, 0.3) is 0 Å². The molecule has 1 amide bonds. The van der Waals surface area contributed by atoms with E-state index in [1.165, 1.54) is 35.2 Å². The number of hydrogen-bond acceptors (Lipinski definition) is 8. The first-order valence-electron chi connectivity index (χ1n) is 12.8. The fourth-order valence-electron chi connectivity index (χ4n) is 4.58. The number of aromatic nitrogens is 1. The molecule has 2 heterocycles. The molecule has 0 bridgehead atoms. The van der Waals surface area contributed by atoms with Crippen LogP contribution in [-0.2, 0) is 33.2 Å². The molecule has 1 fully saturated rings. The first kappa shape index (κ1) is 29.4. The molecule has 0 N–H and O–H groups in total. The van der Waals surface area contributed by atoms with Crippen LogP contribution in [0.15, 0.2) is 36.4 Å². The standard InChI is InChI=1S/C28H35N3O5S3/c1-19-8-13-23(37-19)7-6-16-31(27(33)28(14-15-28)21-9-11-22(36-5)12-10-21)17-25-29-26(20(2)38-25)24(32)18-39(34,35)30(3)4/h8-13H,6-7,14-18H2,1-5H3. The topological polar surface area (TPSA) is 96.9 Å². The zero-order valence-corrected chi connectivity index (χ0v) is 25.5.